The van der Waals surface area contributed by atoms with Gasteiger partial charge in [0.15, 0.2) is 0 Å². The fourth-order valence-electron chi connectivity index (χ4n) is 5.18. The molecule has 1 unspecified atom stereocenters. The lowest BCUT2D eigenvalue weighted by molar-refractivity contribution is -0.147. The third-order valence-corrected chi connectivity index (χ3v) is 6.89. The predicted octanol–water partition coefficient (Wildman–Crippen LogP) is 3.42. The number of hydrogen-bond donors (Lipinski definition) is 0. The molecule has 0 spiro atoms. The number of carbonyl (C=O) groups excluding carboxylic acids is 2. The first-order chi connectivity index (χ1) is 15.3. The van der Waals surface area contributed by atoms with Crippen LogP contribution in [0.15, 0.2) is 30.3 Å². The molecule has 2 aromatic rings. The van der Waals surface area contributed by atoms with E-state index in [0.717, 1.165) is 29.2 Å². The zero-order valence-electron chi connectivity index (χ0n) is 19.1. The van der Waals surface area contributed by atoms with Gasteiger partial charge in [-0.1, -0.05) is 12.1 Å². The van der Waals surface area contributed by atoms with Crippen LogP contribution in [-0.4, -0.2) is 57.8 Å². The van der Waals surface area contributed by atoms with Crippen LogP contribution in [0.3, 0.4) is 0 Å². The summed E-state index contributed by atoms with van der Waals surface area (Å²) in [5.74, 6) is 0.783. The number of amides is 2. The van der Waals surface area contributed by atoms with E-state index in [9.17, 15) is 14.0 Å². The van der Waals surface area contributed by atoms with Gasteiger partial charge in [-0.2, -0.15) is 0 Å². The van der Waals surface area contributed by atoms with Gasteiger partial charge in [0.05, 0.1) is 5.41 Å². The lowest BCUT2D eigenvalue weighted by Crippen LogP contribution is -2.51. The van der Waals surface area contributed by atoms with Crippen molar-refractivity contribution >= 4 is 11.8 Å². The maximum absolute atomic E-state index is 13.9. The number of piperidine rings is 1. The van der Waals surface area contributed by atoms with Crippen molar-refractivity contribution in [3.05, 3.63) is 58.9 Å². The Morgan fingerprint density at radius 3 is 2.38 bits per heavy atom. The standard InChI is InChI=1S/C25H31FN4O2/c1-17-13-18(2)28-23(27-17)21-7-10-30(16-21)24(32)25(8-11-29(12-9-25)19(3)31)15-20-5-4-6-22(26)14-20/h4-6,13-14,21H,7-12,15-16H2,1-3H3. The lowest BCUT2D eigenvalue weighted by atomic mass is 9.72. The fraction of sp³-hybridized carbons (Fsp3) is 0.520. The van der Waals surface area contributed by atoms with Crippen molar-refractivity contribution in [2.24, 2.45) is 5.41 Å². The first kappa shape index (κ1) is 22.4. The maximum Gasteiger partial charge on any atom is 0.229 e. The Morgan fingerprint density at radius 2 is 1.75 bits per heavy atom. The third kappa shape index (κ3) is 4.66. The number of halogens is 1. The molecule has 2 saturated heterocycles. The van der Waals surface area contributed by atoms with Crippen molar-refractivity contribution in [1.82, 2.24) is 19.8 Å². The summed E-state index contributed by atoms with van der Waals surface area (Å²) in [6, 6.07) is 8.47. The molecule has 7 heteroatoms. The molecule has 2 aliphatic rings. The number of likely N-dealkylation sites (tertiary alicyclic amines) is 2. The monoisotopic (exact) mass is 438 g/mol. The molecule has 0 N–H and O–H groups in total. The fourth-order valence-corrected chi connectivity index (χ4v) is 5.18. The summed E-state index contributed by atoms with van der Waals surface area (Å²) >= 11 is 0. The van der Waals surface area contributed by atoms with Gasteiger partial charge >= 0.3 is 0 Å². The number of aryl methyl sites for hydroxylation is 2. The molecule has 1 aromatic heterocycles. The molecule has 0 saturated carbocycles. The Morgan fingerprint density at radius 1 is 1.06 bits per heavy atom. The van der Waals surface area contributed by atoms with E-state index in [1.54, 1.807) is 17.9 Å². The smallest absolute Gasteiger partial charge is 0.229 e. The van der Waals surface area contributed by atoms with Crippen molar-refractivity contribution in [2.75, 3.05) is 26.2 Å². The highest BCUT2D eigenvalue weighted by Crippen LogP contribution is 2.39. The van der Waals surface area contributed by atoms with Crippen LogP contribution in [0.5, 0.6) is 0 Å². The zero-order chi connectivity index (χ0) is 22.9. The van der Waals surface area contributed by atoms with Crippen molar-refractivity contribution in [1.29, 1.82) is 0 Å². The molecule has 0 bridgehead atoms. The summed E-state index contributed by atoms with van der Waals surface area (Å²) in [5, 5.41) is 0. The lowest BCUT2D eigenvalue weighted by Gasteiger charge is -2.42. The molecule has 3 heterocycles. The van der Waals surface area contributed by atoms with Gasteiger partial charge in [-0.15, -0.1) is 0 Å². The highest BCUT2D eigenvalue weighted by Gasteiger charge is 2.45. The minimum absolute atomic E-state index is 0.0324. The van der Waals surface area contributed by atoms with Gasteiger partial charge in [0.2, 0.25) is 11.8 Å². The van der Waals surface area contributed by atoms with E-state index < -0.39 is 5.41 Å². The highest BCUT2D eigenvalue weighted by atomic mass is 19.1. The highest BCUT2D eigenvalue weighted by molar-refractivity contribution is 5.84. The number of carbonyl (C=O) groups is 2. The molecule has 6 nitrogen and oxygen atoms in total. The first-order valence-electron chi connectivity index (χ1n) is 11.4. The molecule has 4 rings (SSSR count). The van der Waals surface area contributed by atoms with Crippen LogP contribution in [0.25, 0.3) is 0 Å². The molecule has 0 radical (unpaired) electrons. The topological polar surface area (TPSA) is 66.4 Å². The Kier molecular flexibility index (Phi) is 6.26. The second-order valence-electron chi connectivity index (χ2n) is 9.34. The summed E-state index contributed by atoms with van der Waals surface area (Å²) in [6.45, 7) is 7.86. The van der Waals surface area contributed by atoms with Gasteiger partial charge in [-0.3, -0.25) is 9.59 Å². The van der Waals surface area contributed by atoms with Crippen molar-refractivity contribution < 1.29 is 14.0 Å². The first-order valence-corrected chi connectivity index (χ1v) is 11.4. The van der Waals surface area contributed by atoms with Crippen LogP contribution in [0, 0.1) is 25.1 Å². The normalized spacial score (nSPS) is 20.4. The van der Waals surface area contributed by atoms with E-state index >= 15 is 0 Å². The molecule has 2 aliphatic heterocycles. The molecule has 1 atom stereocenters. The number of hydrogen-bond acceptors (Lipinski definition) is 4. The minimum Gasteiger partial charge on any atom is -0.343 e. The Balaban J connectivity index is 1.55. The van der Waals surface area contributed by atoms with Crippen molar-refractivity contribution in [2.45, 2.75) is 52.4 Å². The second kappa shape index (κ2) is 8.96. The molecule has 2 fully saturated rings. The molecule has 2 amide bonds. The number of nitrogens with zero attached hydrogens (tertiary/aromatic N) is 4. The van der Waals surface area contributed by atoms with Gasteiger partial charge in [0.1, 0.15) is 11.6 Å². The van der Waals surface area contributed by atoms with Gasteiger partial charge in [-0.05, 0) is 63.3 Å². The molecule has 32 heavy (non-hydrogen) atoms. The maximum atomic E-state index is 13.9. The SMILES string of the molecule is CC(=O)N1CCC(Cc2cccc(F)c2)(C(=O)N2CCC(c3nc(C)cc(C)n3)C2)CC1. The second-order valence-corrected chi connectivity index (χ2v) is 9.34. The average molecular weight is 439 g/mol. The predicted molar refractivity (Wildman–Crippen MR) is 119 cm³/mol. The molecular weight excluding hydrogens is 407 g/mol. The number of aromatic nitrogens is 2. The largest absolute Gasteiger partial charge is 0.343 e. The van der Waals surface area contributed by atoms with Crippen LogP contribution in [-0.2, 0) is 16.0 Å². The number of rotatable bonds is 4. The van der Waals surface area contributed by atoms with E-state index in [-0.39, 0.29) is 23.5 Å². The van der Waals surface area contributed by atoms with Crippen LogP contribution in [0.1, 0.15) is 54.9 Å². The van der Waals surface area contributed by atoms with E-state index in [0.29, 0.717) is 45.4 Å². The molecule has 170 valence electrons. The summed E-state index contributed by atoms with van der Waals surface area (Å²) in [6.07, 6.45) is 2.49. The van der Waals surface area contributed by atoms with E-state index in [2.05, 4.69) is 9.97 Å². The van der Waals surface area contributed by atoms with Crippen LogP contribution >= 0.6 is 0 Å². The van der Waals surface area contributed by atoms with E-state index in [1.165, 1.54) is 12.1 Å². The van der Waals surface area contributed by atoms with Crippen molar-refractivity contribution in [3.8, 4) is 0 Å². The molecule has 1 aromatic carbocycles. The Bertz CT molecular complexity index is 997. The summed E-state index contributed by atoms with van der Waals surface area (Å²) in [4.78, 5) is 38.7. The van der Waals surface area contributed by atoms with Gasteiger partial charge in [0.25, 0.3) is 0 Å². The Hall–Kier alpha value is -2.83. The van der Waals surface area contributed by atoms with Crippen LogP contribution in [0.4, 0.5) is 4.39 Å². The molecular formula is C25H31FN4O2. The van der Waals surface area contributed by atoms with Crippen LogP contribution < -0.4 is 0 Å². The van der Waals surface area contributed by atoms with Gasteiger partial charge in [0, 0.05) is 50.4 Å². The van der Waals surface area contributed by atoms with Crippen LogP contribution in [0.2, 0.25) is 0 Å². The minimum atomic E-state index is -0.627. The van der Waals surface area contributed by atoms with E-state index in [4.69, 9.17) is 0 Å². The zero-order valence-corrected chi connectivity index (χ0v) is 19.1. The van der Waals surface area contributed by atoms with Gasteiger partial charge in [-0.25, -0.2) is 14.4 Å². The summed E-state index contributed by atoms with van der Waals surface area (Å²) in [5.41, 5.74) is 2.08. The third-order valence-electron chi connectivity index (χ3n) is 6.89. The Labute approximate surface area is 188 Å². The molecule has 0 aliphatic carbocycles. The quantitative estimate of drug-likeness (QED) is 0.734. The summed E-state index contributed by atoms with van der Waals surface area (Å²) in [7, 11) is 0. The number of benzene rings is 1. The average Bonchev–Trinajstić information content (AvgIpc) is 3.23. The van der Waals surface area contributed by atoms with Gasteiger partial charge < -0.3 is 9.80 Å². The van der Waals surface area contributed by atoms with E-state index in [1.807, 2.05) is 30.9 Å². The summed E-state index contributed by atoms with van der Waals surface area (Å²) < 4.78 is 13.9. The van der Waals surface area contributed by atoms with Crippen molar-refractivity contribution in [3.63, 3.8) is 0 Å².